The summed E-state index contributed by atoms with van der Waals surface area (Å²) in [4.78, 5) is 22.8. The molecule has 0 aromatic heterocycles. The molecule has 0 saturated heterocycles. The van der Waals surface area contributed by atoms with Crippen LogP contribution in [0.4, 0.5) is 0 Å². The van der Waals surface area contributed by atoms with Crippen molar-refractivity contribution in [2.75, 3.05) is 7.11 Å². The molecule has 1 unspecified atom stereocenters. The fraction of sp³-hybridized carbons (Fsp3) is 0.667. The van der Waals surface area contributed by atoms with Crippen LogP contribution in [-0.2, 0) is 19.1 Å². The maximum atomic E-state index is 11.8. The molecular formula is C12H16O5. The van der Waals surface area contributed by atoms with Crippen molar-refractivity contribution in [3.8, 4) is 0 Å². The first-order chi connectivity index (χ1) is 8.10. The molecule has 0 aliphatic heterocycles. The highest BCUT2D eigenvalue weighted by molar-refractivity contribution is 6.02. The number of rotatable bonds is 4. The largest absolute Gasteiger partial charge is 0.497 e. The Labute approximate surface area is 99.4 Å². The monoisotopic (exact) mass is 240 g/mol. The molecule has 5 nitrogen and oxygen atoms in total. The second-order valence-electron chi connectivity index (χ2n) is 4.52. The number of esters is 1. The van der Waals surface area contributed by atoms with Gasteiger partial charge in [0, 0.05) is 0 Å². The van der Waals surface area contributed by atoms with Gasteiger partial charge in [-0.2, -0.15) is 0 Å². The second-order valence-corrected chi connectivity index (χ2v) is 4.52. The van der Waals surface area contributed by atoms with Gasteiger partial charge in [0.1, 0.15) is 5.76 Å². The van der Waals surface area contributed by atoms with Gasteiger partial charge in [-0.05, 0) is 38.2 Å². The van der Waals surface area contributed by atoms with Gasteiger partial charge in [-0.3, -0.25) is 9.59 Å². The zero-order valence-corrected chi connectivity index (χ0v) is 9.77. The third-order valence-corrected chi connectivity index (χ3v) is 3.37. The highest BCUT2D eigenvalue weighted by atomic mass is 16.6. The maximum Gasteiger partial charge on any atom is 0.324 e. The summed E-state index contributed by atoms with van der Waals surface area (Å²) in [6, 6.07) is 0. The van der Waals surface area contributed by atoms with Crippen molar-refractivity contribution in [3.63, 3.8) is 0 Å². The summed E-state index contributed by atoms with van der Waals surface area (Å²) < 4.78 is 10.4. The summed E-state index contributed by atoms with van der Waals surface area (Å²) >= 11 is 0. The van der Waals surface area contributed by atoms with Crippen molar-refractivity contribution < 1.29 is 24.2 Å². The number of carboxylic acids is 1. The number of allylic oxidation sites excluding steroid dienone is 1. The molecule has 0 aromatic carbocycles. The molecule has 1 atom stereocenters. The molecule has 2 aliphatic rings. The van der Waals surface area contributed by atoms with E-state index in [4.69, 9.17) is 14.6 Å². The minimum absolute atomic E-state index is 0.375. The van der Waals surface area contributed by atoms with Crippen LogP contribution in [-0.4, -0.2) is 30.3 Å². The third kappa shape index (κ3) is 2.14. The lowest BCUT2D eigenvalue weighted by molar-refractivity contribution is -0.165. The van der Waals surface area contributed by atoms with E-state index in [2.05, 4.69) is 0 Å². The molecule has 0 amide bonds. The number of ether oxygens (including phenoxy) is 2. The van der Waals surface area contributed by atoms with E-state index in [1.807, 2.05) is 6.08 Å². The summed E-state index contributed by atoms with van der Waals surface area (Å²) in [6.45, 7) is 0. The molecule has 0 aromatic rings. The van der Waals surface area contributed by atoms with Gasteiger partial charge in [0.05, 0.1) is 7.11 Å². The topological polar surface area (TPSA) is 72.8 Å². The van der Waals surface area contributed by atoms with Gasteiger partial charge in [0.15, 0.2) is 11.5 Å². The fourth-order valence-electron chi connectivity index (χ4n) is 2.03. The zero-order chi connectivity index (χ0) is 12.5. The molecule has 1 N–H and O–H groups in total. The van der Waals surface area contributed by atoms with Crippen molar-refractivity contribution in [2.45, 2.75) is 38.2 Å². The average Bonchev–Trinajstić information content (AvgIpc) is 3.10. The average molecular weight is 240 g/mol. The van der Waals surface area contributed by atoms with Gasteiger partial charge in [0.25, 0.3) is 0 Å². The fourth-order valence-corrected chi connectivity index (χ4v) is 2.03. The van der Waals surface area contributed by atoms with Gasteiger partial charge in [0.2, 0.25) is 0 Å². The van der Waals surface area contributed by atoms with Gasteiger partial charge >= 0.3 is 11.9 Å². The molecule has 5 heteroatoms. The Morgan fingerprint density at radius 3 is 2.71 bits per heavy atom. The molecule has 0 bridgehead atoms. The second kappa shape index (κ2) is 4.39. The molecule has 17 heavy (non-hydrogen) atoms. The summed E-state index contributed by atoms with van der Waals surface area (Å²) in [5.74, 6) is -1.08. The molecule has 2 rings (SSSR count). The standard InChI is InChI=1S/C12H16O5/c1-16-8-4-2-3-5-9(8)17-11(15)12(6-7-12)10(13)14/h4,9H,2-3,5-7H2,1H3,(H,13,14). The predicted octanol–water partition coefficient (Wildman–Crippen LogP) is 1.48. The van der Waals surface area contributed by atoms with Crippen LogP contribution in [0.3, 0.4) is 0 Å². The number of carbonyl (C=O) groups excluding carboxylic acids is 1. The predicted molar refractivity (Wildman–Crippen MR) is 58.1 cm³/mol. The molecule has 0 heterocycles. The zero-order valence-electron chi connectivity index (χ0n) is 9.77. The van der Waals surface area contributed by atoms with Crippen LogP contribution < -0.4 is 0 Å². The minimum Gasteiger partial charge on any atom is -0.497 e. The van der Waals surface area contributed by atoms with Crippen LogP contribution in [0.5, 0.6) is 0 Å². The third-order valence-electron chi connectivity index (χ3n) is 3.37. The van der Waals surface area contributed by atoms with E-state index in [9.17, 15) is 9.59 Å². The first kappa shape index (κ1) is 12.0. The summed E-state index contributed by atoms with van der Waals surface area (Å²) in [7, 11) is 1.53. The number of carbonyl (C=O) groups is 2. The van der Waals surface area contributed by atoms with Crippen molar-refractivity contribution in [2.24, 2.45) is 5.41 Å². The van der Waals surface area contributed by atoms with E-state index in [-0.39, 0.29) is 0 Å². The van der Waals surface area contributed by atoms with Crippen LogP contribution >= 0.6 is 0 Å². The summed E-state index contributed by atoms with van der Waals surface area (Å²) in [6.07, 6.45) is 4.74. The number of hydrogen-bond donors (Lipinski definition) is 1. The van der Waals surface area contributed by atoms with E-state index >= 15 is 0 Å². The Hall–Kier alpha value is -1.52. The van der Waals surface area contributed by atoms with Crippen LogP contribution in [0.15, 0.2) is 11.8 Å². The summed E-state index contributed by atoms with van der Waals surface area (Å²) in [5, 5.41) is 8.98. The van der Waals surface area contributed by atoms with E-state index in [0.29, 0.717) is 25.0 Å². The first-order valence-electron chi connectivity index (χ1n) is 5.79. The van der Waals surface area contributed by atoms with E-state index < -0.39 is 23.5 Å². The quantitative estimate of drug-likeness (QED) is 0.595. The van der Waals surface area contributed by atoms with Gasteiger partial charge < -0.3 is 14.6 Å². The lowest BCUT2D eigenvalue weighted by Crippen LogP contribution is -2.33. The van der Waals surface area contributed by atoms with E-state index in [0.717, 1.165) is 12.8 Å². The lowest BCUT2D eigenvalue weighted by atomic mass is 10.0. The molecule has 1 saturated carbocycles. The molecule has 0 spiro atoms. The normalized spacial score (nSPS) is 25.7. The molecular weight excluding hydrogens is 224 g/mol. The smallest absolute Gasteiger partial charge is 0.324 e. The number of aliphatic carboxylic acids is 1. The van der Waals surface area contributed by atoms with Crippen LogP contribution in [0.1, 0.15) is 32.1 Å². The minimum atomic E-state index is -1.28. The van der Waals surface area contributed by atoms with Crippen molar-refractivity contribution in [1.82, 2.24) is 0 Å². The van der Waals surface area contributed by atoms with Crippen molar-refractivity contribution >= 4 is 11.9 Å². The number of hydrogen-bond acceptors (Lipinski definition) is 4. The maximum absolute atomic E-state index is 11.8. The Bertz CT molecular complexity index is 367. The Morgan fingerprint density at radius 2 is 2.18 bits per heavy atom. The Morgan fingerprint density at radius 1 is 1.47 bits per heavy atom. The number of carboxylic acid groups (broad SMARTS) is 1. The van der Waals surface area contributed by atoms with Gasteiger partial charge in [-0.25, -0.2) is 0 Å². The van der Waals surface area contributed by atoms with Crippen LogP contribution in [0.2, 0.25) is 0 Å². The van der Waals surface area contributed by atoms with Crippen LogP contribution in [0.25, 0.3) is 0 Å². The highest BCUT2D eigenvalue weighted by Gasteiger charge is 2.59. The lowest BCUT2D eigenvalue weighted by Gasteiger charge is -2.24. The summed E-state index contributed by atoms with van der Waals surface area (Å²) in [5.41, 5.74) is -1.28. The van der Waals surface area contributed by atoms with Crippen molar-refractivity contribution in [3.05, 3.63) is 11.8 Å². The van der Waals surface area contributed by atoms with E-state index in [1.54, 1.807) is 0 Å². The van der Waals surface area contributed by atoms with E-state index in [1.165, 1.54) is 7.11 Å². The SMILES string of the molecule is COC1=CCCCC1OC(=O)C1(C(=O)O)CC1. The molecule has 1 fully saturated rings. The molecule has 0 radical (unpaired) electrons. The first-order valence-corrected chi connectivity index (χ1v) is 5.79. The van der Waals surface area contributed by atoms with Gasteiger partial charge in [-0.1, -0.05) is 0 Å². The molecule has 2 aliphatic carbocycles. The Balaban J connectivity index is 2.01. The number of methoxy groups -OCH3 is 1. The van der Waals surface area contributed by atoms with Crippen molar-refractivity contribution in [1.29, 1.82) is 0 Å². The van der Waals surface area contributed by atoms with Crippen LogP contribution in [0, 0.1) is 5.41 Å². The highest BCUT2D eigenvalue weighted by Crippen LogP contribution is 2.47. The Kier molecular flexibility index (Phi) is 3.09. The molecule has 94 valence electrons. The van der Waals surface area contributed by atoms with Gasteiger partial charge in [-0.15, -0.1) is 0 Å².